The van der Waals surface area contributed by atoms with Gasteiger partial charge in [0.1, 0.15) is 5.60 Å². The van der Waals surface area contributed by atoms with Gasteiger partial charge in [0.05, 0.1) is 13.0 Å². The molecule has 3 rings (SSSR count). The SMILES string of the molecule is COC(=O)[C@H]1CC2(C#CC(C)(C)O)CC1C2. The summed E-state index contributed by atoms with van der Waals surface area (Å²) in [6.07, 6.45) is 2.76. The lowest BCUT2D eigenvalue weighted by Gasteiger charge is -2.33. The van der Waals surface area contributed by atoms with Crippen molar-refractivity contribution >= 4 is 5.97 Å². The largest absolute Gasteiger partial charge is 0.469 e. The van der Waals surface area contributed by atoms with E-state index in [2.05, 4.69) is 11.8 Å². The summed E-state index contributed by atoms with van der Waals surface area (Å²) in [7, 11) is 1.44. The normalized spacial score (nSPS) is 36.0. The van der Waals surface area contributed by atoms with Crippen LogP contribution in [0.2, 0.25) is 0 Å². The smallest absolute Gasteiger partial charge is 0.308 e. The molecular weight excluding hydrogens is 204 g/mol. The zero-order chi connectivity index (χ0) is 12.0. The van der Waals surface area contributed by atoms with Crippen molar-refractivity contribution in [2.45, 2.75) is 38.7 Å². The van der Waals surface area contributed by atoms with Crippen LogP contribution in [-0.4, -0.2) is 23.8 Å². The molecule has 0 spiro atoms. The quantitative estimate of drug-likeness (QED) is 0.538. The van der Waals surface area contributed by atoms with E-state index in [1.54, 1.807) is 13.8 Å². The Kier molecular flexibility index (Phi) is 2.51. The minimum absolute atomic E-state index is 0.0243. The van der Waals surface area contributed by atoms with E-state index < -0.39 is 5.60 Å². The predicted molar refractivity (Wildman–Crippen MR) is 59.4 cm³/mol. The topological polar surface area (TPSA) is 46.5 Å². The number of methoxy groups -OCH3 is 1. The predicted octanol–water partition coefficient (Wildman–Crippen LogP) is 1.35. The number of hydrogen-bond donors (Lipinski definition) is 1. The minimum atomic E-state index is -0.941. The van der Waals surface area contributed by atoms with Gasteiger partial charge < -0.3 is 9.84 Å². The monoisotopic (exact) mass is 222 g/mol. The Balaban J connectivity index is 2.05. The Morgan fingerprint density at radius 1 is 1.44 bits per heavy atom. The van der Waals surface area contributed by atoms with Crippen LogP contribution in [0.25, 0.3) is 0 Å². The first kappa shape index (κ1) is 11.5. The van der Waals surface area contributed by atoms with E-state index >= 15 is 0 Å². The lowest BCUT2D eigenvalue weighted by Crippen LogP contribution is -2.28. The van der Waals surface area contributed by atoms with Gasteiger partial charge in [-0.15, -0.1) is 0 Å². The molecule has 0 saturated heterocycles. The molecule has 0 aromatic rings. The fraction of sp³-hybridized carbons (Fsp3) is 0.769. The zero-order valence-electron chi connectivity index (χ0n) is 10.0. The van der Waals surface area contributed by atoms with Crippen molar-refractivity contribution < 1.29 is 14.6 Å². The third-order valence-corrected chi connectivity index (χ3v) is 3.62. The number of aliphatic hydroxyl groups is 1. The van der Waals surface area contributed by atoms with E-state index in [4.69, 9.17) is 4.74 Å². The summed E-state index contributed by atoms with van der Waals surface area (Å²) in [5.41, 5.74) is -0.966. The number of hydrogen-bond acceptors (Lipinski definition) is 3. The molecule has 3 nitrogen and oxygen atoms in total. The third kappa shape index (κ3) is 1.94. The van der Waals surface area contributed by atoms with Crippen LogP contribution in [0.5, 0.6) is 0 Å². The summed E-state index contributed by atoms with van der Waals surface area (Å²) >= 11 is 0. The maximum absolute atomic E-state index is 11.5. The van der Waals surface area contributed by atoms with Gasteiger partial charge in [-0.1, -0.05) is 11.8 Å². The highest BCUT2D eigenvalue weighted by Gasteiger charge is 2.58. The lowest BCUT2D eigenvalue weighted by molar-refractivity contribution is -0.146. The molecule has 0 radical (unpaired) electrons. The van der Waals surface area contributed by atoms with Gasteiger partial charge in [-0.25, -0.2) is 0 Å². The average Bonchev–Trinajstić information content (AvgIpc) is 2.66. The first-order valence-electron chi connectivity index (χ1n) is 5.70. The van der Waals surface area contributed by atoms with Crippen molar-refractivity contribution in [3.05, 3.63) is 0 Å². The summed E-state index contributed by atoms with van der Waals surface area (Å²) in [6.45, 7) is 3.36. The first-order chi connectivity index (χ1) is 7.35. The highest BCUT2D eigenvalue weighted by molar-refractivity contribution is 5.74. The Hall–Kier alpha value is -1.01. The molecule has 88 valence electrons. The van der Waals surface area contributed by atoms with Crippen molar-refractivity contribution in [1.29, 1.82) is 0 Å². The standard InChI is InChI=1S/C13H18O3/c1-12(2,15)4-5-13-6-9(7-13)10(8-13)11(14)16-3/h9-10,15H,6-8H2,1-3H3/t9?,10-,13?/m0/s1. The van der Waals surface area contributed by atoms with Crippen LogP contribution in [0.1, 0.15) is 33.1 Å². The molecule has 0 amide bonds. The molecule has 16 heavy (non-hydrogen) atoms. The summed E-state index contributed by atoms with van der Waals surface area (Å²) in [6, 6.07) is 0. The van der Waals surface area contributed by atoms with Crippen LogP contribution in [0.3, 0.4) is 0 Å². The van der Waals surface area contributed by atoms with Crippen molar-refractivity contribution in [3.8, 4) is 11.8 Å². The Morgan fingerprint density at radius 2 is 2.06 bits per heavy atom. The molecule has 3 fully saturated rings. The number of esters is 1. The molecular formula is C13H18O3. The van der Waals surface area contributed by atoms with E-state index in [1.165, 1.54) is 7.11 Å². The average molecular weight is 222 g/mol. The third-order valence-electron chi connectivity index (χ3n) is 3.62. The second-order valence-electron chi connectivity index (χ2n) is 5.59. The maximum Gasteiger partial charge on any atom is 0.308 e. The Morgan fingerprint density at radius 3 is 2.56 bits per heavy atom. The van der Waals surface area contributed by atoms with Crippen molar-refractivity contribution in [2.75, 3.05) is 7.11 Å². The van der Waals surface area contributed by atoms with Gasteiger partial charge in [0.2, 0.25) is 0 Å². The van der Waals surface area contributed by atoms with Crippen molar-refractivity contribution in [2.24, 2.45) is 17.3 Å². The molecule has 3 heteroatoms. The van der Waals surface area contributed by atoms with Crippen LogP contribution >= 0.6 is 0 Å². The molecule has 2 bridgehead atoms. The van der Waals surface area contributed by atoms with E-state index in [0.29, 0.717) is 5.92 Å². The molecule has 0 aliphatic heterocycles. The van der Waals surface area contributed by atoms with E-state index in [1.807, 2.05) is 0 Å². The van der Waals surface area contributed by atoms with E-state index in [0.717, 1.165) is 19.3 Å². The molecule has 1 N–H and O–H groups in total. The van der Waals surface area contributed by atoms with Gasteiger partial charge in [-0.05, 0) is 39.0 Å². The molecule has 0 heterocycles. The van der Waals surface area contributed by atoms with Crippen molar-refractivity contribution in [1.82, 2.24) is 0 Å². The molecule has 1 atom stereocenters. The van der Waals surface area contributed by atoms with Crippen LogP contribution in [0.4, 0.5) is 0 Å². The fourth-order valence-electron chi connectivity index (χ4n) is 2.85. The van der Waals surface area contributed by atoms with Crippen LogP contribution < -0.4 is 0 Å². The molecule has 0 unspecified atom stereocenters. The Bertz CT molecular complexity index is 361. The minimum Gasteiger partial charge on any atom is -0.469 e. The number of fused-ring (bicyclic) bond motifs is 1. The summed E-state index contributed by atoms with van der Waals surface area (Å²) in [4.78, 5) is 11.5. The molecule has 0 aromatic carbocycles. The molecule has 0 aromatic heterocycles. The summed E-state index contributed by atoms with van der Waals surface area (Å²) in [5, 5.41) is 9.57. The first-order valence-corrected chi connectivity index (χ1v) is 5.70. The van der Waals surface area contributed by atoms with Gasteiger partial charge in [0, 0.05) is 5.41 Å². The van der Waals surface area contributed by atoms with Crippen LogP contribution in [0, 0.1) is 29.1 Å². The van der Waals surface area contributed by atoms with E-state index in [-0.39, 0.29) is 17.3 Å². The lowest BCUT2D eigenvalue weighted by atomic mass is 9.69. The Labute approximate surface area is 96.2 Å². The molecule has 3 aliphatic carbocycles. The zero-order valence-corrected chi connectivity index (χ0v) is 10.0. The van der Waals surface area contributed by atoms with Gasteiger partial charge in [-0.2, -0.15) is 0 Å². The number of carbonyl (C=O) groups excluding carboxylic acids is 1. The second-order valence-corrected chi connectivity index (χ2v) is 5.59. The second kappa shape index (κ2) is 3.49. The molecule has 3 saturated carbocycles. The summed E-state index contributed by atoms with van der Waals surface area (Å²) in [5.74, 6) is 6.41. The van der Waals surface area contributed by atoms with Gasteiger partial charge in [0.25, 0.3) is 0 Å². The van der Waals surface area contributed by atoms with Gasteiger partial charge in [-0.3, -0.25) is 4.79 Å². The maximum atomic E-state index is 11.5. The molecule has 3 aliphatic rings. The summed E-state index contributed by atoms with van der Waals surface area (Å²) < 4.78 is 4.79. The van der Waals surface area contributed by atoms with Gasteiger partial charge >= 0.3 is 5.97 Å². The van der Waals surface area contributed by atoms with Crippen LogP contribution in [0.15, 0.2) is 0 Å². The van der Waals surface area contributed by atoms with E-state index in [9.17, 15) is 9.90 Å². The van der Waals surface area contributed by atoms with Crippen molar-refractivity contribution in [3.63, 3.8) is 0 Å². The van der Waals surface area contributed by atoms with Gasteiger partial charge in [0.15, 0.2) is 0 Å². The highest BCUT2D eigenvalue weighted by atomic mass is 16.5. The number of ether oxygens (including phenoxy) is 1. The number of carbonyl (C=O) groups is 1. The van der Waals surface area contributed by atoms with Crippen LogP contribution in [-0.2, 0) is 9.53 Å². The number of rotatable bonds is 1. The highest BCUT2D eigenvalue weighted by Crippen LogP contribution is 2.61. The fourth-order valence-corrected chi connectivity index (χ4v) is 2.85.